The van der Waals surface area contributed by atoms with E-state index < -0.39 is 11.5 Å². The minimum Gasteiger partial charge on any atom is -0.543 e. The zero-order valence-electron chi connectivity index (χ0n) is 14.5. The van der Waals surface area contributed by atoms with Crippen molar-refractivity contribution in [3.8, 4) is 0 Å². The Kier molecular flexibility index (Phi) is 3.16. The zero-order valence-corrected chi connectivity index (χ0v) is 14.5. The standard InChI is InChI=1S/C19H18N4O2/c1-9(2)19(4)8-21-12-6-5-11-15(17(12)23-19)14-10(3)16(18(24)25)20-7-13(14)22-11/h5-9H,1-4H3,(H,24,25)/p-1. The average Bonchev–Trinajstić information content (AvgIpc) is 2.94. The highest BCUT2D eigenvalue weighted by molar-refractivity contribution is 5.85. The Balaban J connectivity index is 2.25. The molecule has 0 aliphatic carbocycles. The number of benzene rings is 1. The number of hydrogen-bond acceptors (Lipinski definition) is 6. The molecule has 2 aromatic rings. The number of carboxylic acids is 1. The number of pyridine rings is 1. The van der Waals surface area contributed by atoms with Crippen molar-refractivity contribution < 1.29 is 9.90 Å². The fraction of sp³-hybridized carbons (Fsp3) is 0.316. The molecule has 1 aromatic heterocycles. The molecule has 6 heteroatoms. The van der Waals surface area contributed by atoms with Gasteiger partial charge >= 0.3 is 0 Å². The van der Waals surface area contributed by atoms with Crippen molar-refractivity contribution in [3.05, 3.63) is 50.7 Å². The summed E-state index contributed by atoms with van der Waals surface area (Å²) in [5.74, 6) is -1.02. The van der Waals surface area contributed by atoms with E-state index >= 15 is 0 Å². The highest BCUT2D eigenvalue weighted by Crippen LogP contribution is 2.27. The van der Waals surface area contributed by atoms with E-state index in [0.717, 1.165) is 27.2 Å². The smallest absolute Gasteiger partial charge is 0.0960 e. The number of aromatic nitrogens is 1. The van der Waals surface area contributed by atoms with Crippen molar-refractivity contribution in [1.82, 2.24) is 4.98 Å². The van der Waals surface area contributed by atoms with E-state index in [1.807, 2.05) is 25.3 Å². The van der Waals surface area contributed by atoms with Crippen molar-refractivity contribution in [2.24, 2.45) is 20.9 Å². The first kappa shape index (κ1) is 15.6. The van der Waals surface area contributed by atoms with Gasteiger partial charge in [-0.05, 0) is 37.5 Å². The predicted octanol–water partition coefficient (Wildman–Crippen LogP) is 1.06. The van der Waals surface area contributed by atoms with Gasteiger partial charge in [0.2, 0.25) is 0 Å². The maximum absolute atomic E-state index is 11.4. The summed E-state index contributed by atoms with van der Waals surface area (Å²) in [6.45, 7) is 7.98. The van der Waals surface area contributed by atoms with Gasteiger partial charge in [0.25, 0.3) is 0 Å². The van der Waals surface area contributed by atoms with Gasteiger partial charge < -0.3 is 9.90 Å². The summed E-state index contributed by atoms with van der Waals surface area (Å²) < 4.78 is 0. The van der Waals surface area contributed by atoms with E-state index in [2.05, 4.69) is 28.8 Å². The molecule has 0 N–H and O–H groups in total. The minimum atomic E-state index is -1.29. The van der Waals surface area contributed by atoms with Crippen LogP contribution in [0.2, 0.25) is 0 Å². The van der Waals surface area contributed by atoms with Crippen LogP contribution in [-0.4, -0.2) is 22.7 Å². The van der Waals surface area contributed by atoms with Crippen LogP contribution in [0.4, 0.5) is 11.4 Å². The summed E-state index contributed by atoms with van der Waals surface area (Å²) in [5, 5.41) is 14.4. The number of carboxylic acid groups (broad SMARTS) is 1. The van der Waals surface area contributed by atoms with Crippen LogP contribution in [0, 0.1) is 23.3 Å². The van der Waals surface area contributed by atoms with Gasteiger partial charge in [-0.1, -0.05) is 13.8 Å². The van der Waals surface area contributed by atoms with Crippen LogP contribution in [0.3, 0.4) is 0 Å². The van der Waals surface area contributed by atoms with Crippen molar-refractivity contribution in [2.75, 3.05) is 0 Å². The summed E-state index contributed by atoms with van der Waals surface area (Å²) in [7, 11) is 0. The summed E-state index contributed by atoms with van der Waals surface area (Å²) in [5.41, 5.74) is 1.60. The number of hydrogen-bond donors (Lipinski definition) is 0. The van der Waals surface area contributed by atoms with E-state index in [0.29, 0.717) is 10.9 Å². The second kappa shape index (κ2) is 5.05. The molecule has 3 heterocycles. The van der Waals surface area contributed by atoms with E-state index in [1.54, 1.807) is 6.92 Å². The zero-order chi connectivity index (χ0) is 17.9. The van der Waals surface area contributed by atoms with E-state index in [4.69, 9.17) is 4.99 Å². The fourth-order valence-corrected chi connectivity index (χ4v) is 3.21. The normalized spacial score (nSPS) is 19.7. The van der Waals surface area contributed by atoms with Gasteiger partial charge in [0, 0.05) is 16.7 Å². The van der Waals surface area contributed by atoms with Crippen LogP contribution in [0.1, 0.15) is 36.8 Å². The monoisotopic (exact) mass is 333 g/mol. The largest absolute Gasteiger partial charge is 0.543 e. The van der Waals surface area contributed by atoms with Gasteiger partial charge in [0.05, 0.1) is 45.5 Å². The molecule has 0 fully saturated rings. The lowest BCUT2D eigenvalue weighted by Gasteiger charge is -2.27. The molecule has 0 saturated carbocycles. The number of aliphatic imine (C=N–C) groups is 1. The first-order valence-corrected chi connectivity index (χ1v) is 8.20. The molecule has 1 atom stereocenters. The summed E-state index contributed by atoms with van der Waals surface area (Å²) in [4.78, 5) is 29.5. The van der Waals surface area contributed by atoms with Crippen LogP contribution in [0.15, 0.2) is 33.3 Å². The predicted molar refractivity (Wildman–Crippen MR) is 90.8 cm³/mol. The number of carbonyl (C=O) groups is 1. The molecule has 2 aliphatic rings. The lowest BCUT2D eigenvalue weighted by atomic mass is 9.89. The van der Waals surface area contributed by atoms with Gasteiger partial charge in [-0.2, -0.15) is 0 Å². The van der Waals surface area contributed by atoms with Gasteiger partial charge in [-0.25, -0.2) is 4.99 Å². The maximum atomic E-state index is 11.4. The topological polar surface area (TPSA) is 90.1 Å². The Hall–Kier alpha value is -2.89. The van der Waals surface area contributed by atoms with Crippen molar-refractivity contribution in [2.45, 2.75) is 33.2 Å². The van der Waals surface area contributed by atoms with Crippen molar-refractivity contribution >= 4 is 23.6 Å². The van der Waals surface area contributed by atoms with Crippen LogP contribution in [-0.2, 0) is 0 Å². The van der Waals surface area contributed by atoms with E-state index in [9.17, 15) is 9.90 Å². The highest BCUT2D eigenvalue weighted by atomic mass is 16.4. The van der Waals surface area contributed by atoms with Crippen LogP contribution in [0.5, 0.6) is 0 Å². The molecule has 0 radical (unpaired) electrons. The number of carbonyl (C=O) groups excluding carboxylic acids is 1. The Bertz CT molecular complexity index is 1180. The maximum Gasteiger partial charge on any atom is 0.0960 e. The molecule has 6 nitrogen and oxygen atoms in total. The molecule has 126 valence electrons. The Morgan fingerprint density at radius 3 is 2.60 bits per heavy atom. The molecule has 0 spiro atoms. The molecule has 0 saturated heterocycles. The third kappa shape index (κ3) is 2.13. The molecule has 2 aliphatic heterocycles. The summed E-state index contributed by atoms with van der Waals surface area (Å²) in [6.07, 6.45) is 3.36. The molecular weight excluding hydrogens is 316 g/mol. The number of fused-ring (bicyclic) bond motifs is 4. The molecular formula is C19H17N4O2-. The van der Waals surface area contributed by atoms with Crippen LogP contribution < -0.4 is 15.8 Å². The number of nitrogens with zero attached hydrogens (tertiary/aromatic N) is 4. The van der Waals surface area contributed by atoms with E-state index in [1.165, 1.54) is 6.20 Å². The van der Waals surface area contributed by atoms with E-state index in [-0.39, 0.29) is 11.6 Å². The molecule has 4 rings (SSSR count). The SMILES string of the molecule is Cc1c(C(=O)[O-])ncc2c1=c1c(ccc3c1=NC(C)(C(C)C)C=N3)N=2. The molecule has 25 heavy (non-hydrogen) atoms. The Morgan fingerprint density at radius 2 is 1.92 bits per heavy atom. The van der Waals surface area contributed by atoms with Crippen molar-refractivity contribution in [3.63, 3.8) is 0 Å². The minimum absolute atomic E-state index is 0.0645. The van der Waals surface area contributed by atoms with Gasteiger partial charge in [-0.15, -0.1) is 0 Å². The second-order valence-corrected chi connectivity index (χ2v) is 6.97. The first-order chi connectivity index (χ1) is 11.8. The lowest BCUT2D eigenvalue weighted by Crippen LogP contribution is -2.36. The van der Waals surface area contributed by atoms with Gasteiger partial charge in [0.1, 0.15) is 0 Å². The molecule has 0 amide bonds. The quantitative estimate of drug-likeness (QED) is 0.702. The third-order valence-electron chi connectivity index (χ3n) is 5.11. The fourth-order valence-electron chi connectivity index (χ4n) is 3.21. The van der Waals surface area contributed by atoms with Crippen molar-refractivity contribution in [1.29, 1.82) is 0 Å². The van der Waals surface area contributed by atoms with Gasteiger partial charge in [-0.3, -0.25) is 15.0 Å². The van der Waals surface area contributed by atoms with Crippen LogP contribution in [0.25, 0.3) is 0 Å². The summed E-state index contributed by atoms with van der Waals surface area (Å²) in [6, 6.07) is 3.78. The first-order valence-electron chi connectivity index (χ1n) is 8.20. The Labute approximate surface area is 144 Å². The van der Waals surface area contributed by atoms with Gasteiger partial charge in [0.15, 0.2) is 0 Å². The highest BCUT2D eigenvalue weighted by Gasteiger charge is 2.28. The second-order valence-electron chi connectivity index (χ2n) is 6.97. The Morgan fingerprint density at radius 1 is 1.20 bits per heavy atom. The number of aromatic carboxylic acids is 1. The molecule has 0 bridgehead atoms. The average molecular weight is 333 g/mol. The molecule has 1 aromatic carbocycles. The lowest BCUT2D eigenvalue weighted by molar-refractivity contribution is -0.255. The van der Waals surface area contributed by atoms with Crippen LogP contribution >= 0.6 is 0 Å². The third-order valence-corrected chi connectivity index (χ3v) is 5.11. The molecule has 1 unspecified atom stereocenters. The number of rotatable bonds is 2. The summed E-state index contributed by atoms with van der Waals surface area (Å²) >= 11 is 0.